The van der Waals surface area contributed by atoms with Crippen molar-refractivity contribution in [1.82, 2.24) is 9.88 Å². The lowest BCUT2D eigenvalue weighted by molar-refractivity contribution is -0.134. The molecular weight excluding hydrogens is 413 g/mol. The number of anilines is 1. The van der Waals surface area contributed by atoms with Gasteiger partial charge in [0.2, 0.25) is 0 Å². The topological polar surface area (TPSA) is 52.0 Å². The summed E-state index contributed by atoms with van der Waals surface area (Å²) < 4.78 is 37.4. The number of allylic oxidation sites excluding steroid dienone is 1. The molecule has 4 rings (SSSR count). The molecule has 7 heteroatoms. The van der Waals surface area contributed by atoms with Gasteiger partial charge in [0, 0.05) is 61.7 Å². The van der Waals surface area contributed by atoms with E-state index in [4.69, 9.17) is 0 Å². The van der Waals surface area contributed by atoms with Crippen molar-refractivity contribution in [2.45, 2.75) is 57.8 Å². The number of likely N-dealkylation sites (tertiary alicyclic amines) is 1. The third-order valence-corrected chi connectivity index (χ3v) is 6.39. The smallest absolute Gasteiger partial charge is 0.382 e. The summed E-state index contributed by atoms with van der Waals surface area (Å²) in [7, 11) is 0. The van der Waals surface area contributed by atoms with Crippen molar-refractivity contribution in [3.63, 3.8) is 0 Å². The second-order valence-corrected chi connectivity index (χ2v) is 8.73. The summed E-state index contributed by atoms with van der Waals surface area (Å²) in [6.45, 7) is 4.94. The maximum Gasteiger partial charge on any atom is 0.389 e. The van der Waals surface area contributed by atoms with Crippen LogP contribution in [0.3, 0.4) is 0 Å². The molecule has 1 aromatic heterocycles. The number of piperidine rings is 1. The number of hydrogen-bond donors (Lipinski definition) is 1. The molecule has 1 saturated heterocycles. The SMILES string of the molecule is Cc1c(CN2CCC(Nc3ccnc(CCC(F)(F)F)c3)CC2)ccc2c1C=C(C#N)C2. The Morgan fingerprint density at radius 1 is 1.22 bits per heavy atom. The summed E-state index contributed by atoms with van der Waals surface area (Å²) in [5.74, 6) is 0. The second kappa shape index (κ2) is 9.33. The van der Waals surface area contributed by atoms with Crippen molar-refractivity contribution >= 4 is 11.8 Å². The lowest BCUT2D eigenvalue weighted by atomic mass is 9.97. The Hall–Kier alpha value is -2.85. The number of aryl methyl sites for hydroxylation is 1. The molecule has 2 aliphatic rings. The molecule has 0 atom stereocenters. The van der Waals surface area contributed by atoms with Crippen LogP contribution in [0.4, 0.5) is 18.9 Å². The molecular formula is C25H27F3N4. The first kappa shape index (κ1) is 22.3. The molecule has 2 aromatic rings. The predicted molar refractivity (Wildman–Crippen MR) is 119 cm³/mol. The molecule has 1 aliphatic heterocycles. The Morgan fingerprint density at radius 2 is 2.00 bits per heavy atom. The van der Waals surface area contributed by atoms with Crippen molar-refractivity contribution in [2.24, 2.45) is 0 Å². The summed E-state index contributed by atoms with van der Waals surface area (Å²) in [4.78, 5) is 6.51. The van der Waals surface area contributed by atoms with Gasteiger partial charge in [-0.05, 0) is 66.6 Å². The first-order chi connectivity index (χ1) is 15.3. The Morgan fingerprint density at radius 3 is 2.72 bits per heavy atom. The molecule has 0 spiro atoms. The van der Waals surface area contributed by atoms with E-state index in [2.05, 4.69) is 40.3 Å². The van der Waals surface area contributed by atoms with E-state index in [0.29, 0.717) is 11.7 Å². The van der Waals surface area contributed by atoms with Crippen molar-refractivity contribution < 1.29 is 13.2 Å². The minimum atomic E-state index is -4.16. The molecule has 0 unspecified atom stereocenters. The minimum Gasteiger partial charge on any atom is -0.382 e. The van der Waals surface area contributed by atoms with Crippen molar-refractivity contribution in [2.75, 3.05) is 18.4 Å². The van der Waals surface area contributed by atoms with Gasteiger partial charge < -0.3 is 5.32 Å². The number of hydrogen-bond acceptors (Lipinski definition) is 4. The Bertz CT molecular complexity index is 1040. The van der Waals surface area contributed by atoms with Gasteiger partial charge in [0.25, 0.3) is 0 Å². The van der Waals surface area contributed by atoms with Gasteiger partial charge in [-0.25, -0.2) is 0 Å². The Labute approximate surface area is 186 Å². The van der Waals surface area contributed by atoms with E-state index < -0.39 is 12.6 Å². The molecule has 168 valence electrons. The first-order valence-corrected chi connectivity index (χ1v) is 11.0. The maximum atomic E-state index is 12.5. The van der Waals surface area contributed by atoms with Crippen LogP contribution in [0.2, 0.25) is 0 Å². The van der Waals surface area contributed by atoms with Gasteiger partial charge in [-0.3, -0.25) is 9.88 Å². The van der Waals surface area contributed by atoms with Gasteiger partial charge in [-0.1, -0.05) is 12.1 Å². The van der Waals surface area contributed by atoms with E-state index in [1.54, 1.807) is 12.3 Å². The van der Waals surface area contributed by atoms with Crippen LogP contribution in [0, 0.1) is 18.3 Å². The molecule has 0 amide bonds. The van der Waals surface area contributed by atoms with Crippen molar-refractivity contribution in [3.8, 4) is 6.07 Å². The number of aromatic nitrogens is 1. The number of rotatable bonds is 6. The summed E-state index contributed by atoms with van der Waals surface area (Å²) >= 11 is 0. The number of benzene rings is 1. The highest BCUT2D eigenvalue weighted by molar-refractivity contribution is 5.70. The molecule has 0 bridgehead atoms. The van der Waals surface area contributed by atoms with Crippen molar-refractivity contribution in [3.05, 3.63) is 64.0 Å². The number of nitrogens with zero attached hydrogens (tertiary/aromatic N) is 3. The van der Waals surface area contributed by atoms with Crippen LogP contribution in [0.5, 0.6) is 0 Å². The van der Waals surface area contributed by atoms with Gasteiger partial charge >= 0.3 is 6.18 Å². The third kappa shape index (κ3) is 5.49. The fraction of sp³-hybridized carbons (Fsp3) is 0.440. The third-order valence-electron chi connectivity index (χ3n) is 6.39. The molecule has 32 heavy (non-hydrogen) atoms. The van der Waals surface area contributed by atoms with Crippen LogP contribution in [-0.4, -0.2) is 35.2 Å². The van der Waals surface area contributed by atoms with Gasteiger partial charge in [-0.2, -0.15) is 18.4 Å². The van der Waals surface area contributed by atoms with Crippen molar-refractivity contribution in [1.29, 1.82) is 5.26 Å². The molecule has 1 aliphatic carbocycles. The summed E-state index contributed by atoms with van der Waals surface area (Å²) in [6, 6.07) is 10.5. The molecule has 0 radical (unpaired) electrons. The van der Waals surface area contributed by atoms with Gasteiger partial charge in [-0.15, -0.1) is 0 Å². The van der Waals surface area contributed by atoms with Crippen LogP contribution in [-0.2, 0) is 19.4 Å². The van der Waals surface area contributed by atoms with Crippen LogP contribution in [0.25, 0.3) is 6.08 Å². The zero-order chi connectivity index (χ0) is 22.7. The predicted octanol–water partition coefficient (Wildman–Crippen LogP) is 5.42. The van der Waals surface area contributed by atoms with E-state index >= 15 is 0 Å². The number of pyridine rings is 1. The summed E-state index contributed by atoms with van der Waals surface area (Å²) in [5, 5.41) is 12.7. The largest absolute Gasteiger partial charge is 0.389 e. The fourth-order valence-corrected chi connectivity index (χ4v) is 4.54. The van der Waals surface area contributed by atoms with E-state index in [-0.39, 0.29) is 6.42 Å². The second-order valence-electron chi connectivity index (χ2n) is 8.73. The van der Waals surface area contributed by atoms with Gasteiger partial charge in [0.05, 0.1) is 6.07 Å². The van der Waals surface area contributed by atoms with Crippen LogP contribution >= 0.6 is 0 Å². The molecule has 1 fully saturated rings. The molecule has 0 saturated carbocycles. The molecule has 2 heterocycles. The first-order valence-electron chi connectivity index (χ1n) is 11.0. The van der Waals surface area contributed by atoms with Gasteiger partial charge in [0.15, 0.2) is 0 Å². The van der Waals surface area contributed by atoms with E-state index in [1.165, 1.54) is 22.3 Å². The van der Waals surface area contributed by atoms with E-state index in [1.807, 2.05) is 12.1 Å². The monoisotopic (exact) mass is 440 g/mol. The highest BCUT2D eigenvalue weighted by Crippen LogP contribution is 2.30. The summed E-state index contributed by atoms with van der Waals surface area (Å²) in [6.07, 6.45) is 1.17. The van der Waals surface area contributed by atoms with Crippen LogP contribution in [0.1, 0.15) is 47.2 Å². The maximum absolute atomic E-state index is 12.5. The minimum absolute atomic E-state index is 0.0946. The van der Waals surface area contributed by atoms with Crippen LogP contribution in [0.15, 0.2) is 36.0 Å². The number of nitrogens with one attached hydrogen (secondary N) is 1. The van der Waals surface area contributed by atoms with E-state index in [0.717, 1.165) is 50.2 Å². The average Bonchev–Trinajstić information content (AvgIpc) is 3.20. The number of nitriles is 1. The fourth-order valence-electron chi connectivity index (χ4n) is 4.54. The normalized spacial score (nSPS) is 17.0. The summed E-state index contributed by atoms with van der Waals surface area (Å²) in [5.41, 5.74) is 7.12. The van der Waals surface area contributed by atoms with E-state index in [9.17, 15) is 18.4 Å². The Kier molecular flexibility index (Phi) is 6.52. The zero-order valence-electron chi connectivity index (χ0n) is 18.2. The Balaban J connectivity index is 1.30. The zero-order valence-corrected chi connectivity index (χ0v) is 18.2. The standard InChI is InChI=1S/C25H27F3N4/c1-17-20(3-2-19-12-18(15-29)13-24(17)19)16-32-10-6-21(7-11-32)31-23-5-9-30-22(14-23)4-8-25(26,27)28/h2-3,5,9,13-14,21H,4,6-8,10-12,16H2,1H3,(H,30,31). The van der Waals surface area contributed by atoms with Gasteiger partial charge in [0.1, 0.15) is 0 Å². The van der Waals surface area contributed by atoms with Crippen LogP contribution < -0.4 is 5.32 Å². The number of halogens is 3. The lowest BCUT2D eigenvalue weighted by Gasteiger charge is -2.33. The highest BCUT2D eigenvalue weighted by Gasteiger charge is 2.27. The molecule has 4 nitrogen and oxygen atoms in total. The lowest BCUT2D eigenvalue weighted by Crippen LogP contribution is -2.38. The number of fused-ring (bicyclic) bond motifs is 1. The quantitative estimate of drug-likeness (QED) is 0.651. The molecule has 1 aromatic carbocycles. The average molecular weight is 441 g/mol. The number of alkyl halides is 3. The molecule has 1 N–H and O–H groups in total. The highest BCUT2D eigenvalue weighted by atomic mass is 19.4.